The number of carbonyl (C=O) groups excluding carboxylic acids is 1. The zero-order chi connectivity index (χ0) is 22.0. The molecule has 9 heteroatoms. The highest BCUT2D eigenvalue weighted by Gasteiger charge is 2.26. The summed E-state index contributed by atoms with van der Waals surface area (Å²) in [6.45, 7) is 1.63. The predicted octanol–water partition coefficient (Wildman–Crippen LogP) is 1.89. The average Bonchev–Trinajstić information content (AvgIpc) is 2.78. The number of amides is 2. The van der Waals surface area contributed by atoms with E-state index in [1.807, 2.05) is 0 Å². The summed E-state index contributed by atoms with van der Waals surface area (Å²) in [5.41, 5.74) is 1.10. The van der Waals surface area contributed by atoms with Crippen molar-refractivity contribution < 1.29 is 9.18 Å². The Morgan fingerprint density at radius 2 is 2.00 bits per heavy atom. The van der Waals surface area contributed by atoms with Gasteiger partial charge in [-0.2, -0.15) is 0 Å². The number of aromatic nitrogens is 3. The number of hydrogen-bond acceptors (Lipinski definition) is 4. The highest BCUT2D eigenvalue weighted by molar-refractivity contribution is 5.75. The fourth-order valence-electron chi connectivity index (χ4n) is 3.95. The number of aryl methyl sites for hydroxylation is 1. The maximum absolute atomic E-state index is 13.0. The van der Waals surface area contributed by atoms with Gasteiger partial charge in [-0.3, -0.25) is 14.3 Å². The van der Waals surface area contributed by atoms with Gasteiger partial charge in [-0.15, -0.1) is 0 Å². The monoisotopic (exact) mass is 425 g/mol. The molecule has 2 aromatic heterocycles. The third kappa shape index (κ3) is 4.50. The number of H-pyrrole nitrogens is 1. The molecule has 1 unspecified atom stereocenters. The van der Waals surface area contributed by atoms with E-state index in [-0.39, 0.29) is 17.8 Å². The van der Waals surface area contributed by atoms with E-state index >= 15 is 0 Å². The standard InChI is InChI=1S/C22H24FN5O3/c1-27-19-17(20(29)26-22(27)31)8-9-18(25-19)15-3-2-12-28(13-15)21(30)24-11-10-14-4-6-16(23)7-5-14/h4-9,15H,2-3,10-13H2,1H3,(H,24,30)(H,26,29,31). The quantitative estimate of drug-likeness (QED) is 0.667. The number of carbonyl (C=O) groups is 1. The van der Waals surface area contributed by atoms with E-state index in [4.69, 9.17) is 0 Å². The van der Waals surface area contributed by atoms with Crippen LogP contribution in [-0.2, 0) is 13.5 Å². The first kappa shape index (κ1) is 20.8. The molecular weight excluding hydrogens is 401 g/mol. The number of pyridine rings is 1. The summed E-state index contributed by atoms with van der Waals surface area (Å²) in [5.74, 6) is -0.255. The van der Waals surface area contributed by atoms with Crippen LogP contribution in [0.3, 0.4) is 0 Å². The molecule has 162 valence electrons. The van der Waals surface area contributed by atoms with Gasteiger partial charge in [0.1, 0.15) is 11.5 Å². The topological polar surface area (TPSA) is 100 Å². The van der Waals surface area contributed by atoms with Crippen molar-refractivity contribution in [2.24, 2.45) is 7.05 Å². The second kappa shape index (κ2) is 8.71. The van der Waals surface area contributed by atoms with Crippen LogP contribution in [-0.4, -0.2) is 45.1 Å². The van der Waals surface area contributed by atoms with Crippen LogP contribution in [0.4, 0.5) is 9.18 Å². The molecule has 2 N–H and O–H groups in total. The zero-order valence-electron chi connectivity index (χ0n) is 17.2. The predicted molar refractivity (Wildman–Crippen MR) is 115 cm³/mol. The molecule has 0 bridgehead atoms. The van der Waals surface area contributed by atoms with Crippen molar-refractivity contribution in [2.45, 2.75) is 25.2 Å². The van der Waals surface area contributed by atoms with Crippen LogP contribution in [0.1, 0.15) is 30.0 Å². The molecule has 1 aromatic carbocycles. The van der Waals surface area contributed by atoms with Crippen molar-refractivity contribution in [1.29, 1.82) is 0 Å². The Bertz CT molecular complexity index is 1220. The smallest absolute Gasteiger partial charge is 0.329 e. The van der Waals surface area contributed by atoms with E-state index in [1.54, 1.807) is 36.2 Å². The van der Waals surface area contributed by atoms with Gasteiger partial charge in [0.05, 0.1) is 5.39 Å². The fraction of sp³-hybridized carbons (Fsp3) is 0.364. The molecule has 1 aliphatic rings. The first-order valence-electron chi connectivity index (χ1n) is 10.3. The van der Waals surface area contributed by atoms with Crippen LogP contribution in [0.5, 0.6) is 0 Å². The Balaban J connectivity index is 1.42. The Kier molecular flexibility index (Phi) is 5.83. The Morgan fingerprint density at radius 3 is 2.77 bits per heavy atom. The summed E-state index contributed by atoms with van der Waals surface area (Å²) in [6.07, 6.45) is 2.33. The molecule has 3 heterocycles. The molecule has 1 saturated heterocycles. The largest absolute Gasteiger partial charge is 0.338 e. The SMILES string of the molecule is Cn1c(=O)[nH]c(=O)c2ccc(C3CCCN(C(=O)NCCc4ccc(F)cc4)C3)nc21. The molecular formula is C22H24FN5O3. The highest BCUT2D eigenvalue weighted by Crippen LogP contribution is 2.26. The maximum Gasteiger partial charge on any atom is 0.329 e. The molecule has 3 aromatic rings. The van der Waals surface area contributed by atoms with E-state index < -0.39 is 11.2 Å². The molecule has 0 aliphatic carbocycles. The third-order valence-corrected chi connectivity index (χ3v) is 5.71. The molecule has 4 rings (SSSR count). The number of likely N-dealkylation sites (tertiary alicyclic amines) is 1. The van der Waals surface area contributed by atoms with Gasteiger partial charge in [0, 0.05) is 38.3 Å². The number of nitrogens with one attached hydrogen (secondary N) is 2. The number of benzene rings is 1. The second-order valence-electron chi connectivity index (χ2n) is 7.82. The molecule has 1 atom stereocenters. The van der Waals surface area contributed by atoms with Crippen LogP contribution < -0.4 is 16.6 Å². The molecule has 31 heavy (non-hydrogen) atoms. The van der Waals surface area contributed by atoms with E-state index in [9.17, 15) is 18.8 Å². The van der Waals surface area contributed by atoms with E-state index in [1.165, 1.54) is 16.7 Å². The lowest BCUT2D eigenvalue weighted by Gasteiger charge is -2.32. The van der Waals surface area contributed by atoms with Crippen molar-refractivity contribution in [3.63, 3.8) is 0 Å². The van der Waals surface area contributed by atoms with Crippen LogP contribution in [0, 0.1) is 5.82 Å². The fourth-order valence-corrected chi connectivity index (χ4v) is 3.95. The van der Waals surface area contributed by atoms with Gasteiger partial charge in [0.2, 0.25) is 0 Å². The number of rotatable bonds is 4. The minimum absolute atomic E-state index is 0.0235. The second-order valence-corrected chi connectivity index (χ2v) is 7.82. The average molecular weight is 425 g/mol. The molecule has 1 fully saturated rings. The van der Waals surface area contributed by atoms with Gasteiger partial charge in [0.15, 0.2) is 0 Å². The first-order chi connectivity index (χ1) is 14.9. The molecule has 0 radical (unpaired) electrons. The van der Waals surface area contributed by atoms with E-state index in [0.29, 0.717) is 37.1 Å². The first-order valence-corrected chi connectivity index (χ1v) is 10.3. The van der Waals surface area contributed by atoms with Crippen LogP contribution in [0.2, 0.25) is 0 Å². The van der Waals surface area contributed by atoms with Gasteiger partial charge in [-0.25, -0.2) is 19.0 Å². The molecule has 2 amide bonds. The minimum Gasteiger partial charge on any atom is -0.338 e. The van der Waals surface area contributed by atoms with Crippen molar-refractivity contribution in [1.82, 2.24) is 24.8 Å². The van der Waals surface area contributed by atoms with E-state index in [0.717, 1.165) is 24.1 Å². The van der Waals surface area contributed by atoms with Crippen molar-refractivity contribution in [3.05, 3.63) is 74.3 Å². The number of hydrogen-bond donors (Lipinski definition) is 2. The summed E-state index contributed by atoms with van der Waals surface area (Å²) >= 11 is 0. The van der Waals surface area contributed by atoms with Gasteiger partial charge in [-0.1, -0.05) is 12.1 Å². The Labute approximate surface area is 177 Å². The Morgan fingerprint density at radius 1 is 1.23 bits per heavy atom. The van der Waals surface area contributed by atoms with Crippen LogP contribution in [0.25, 0.3) is 11.0 Å². The lowest BCUT2D eigenvalue weighted by Crippen LogP contribution is -2.45. The highest BCUT2D eigenvalue weighted by atomic mass is 19.1. The summed E-state index contributed by atoms with van der Waals surface area (Å²) in [4.78, 5) is 45.1. The van der Waals surface area contributed by atoms with Crippen LogP contribution in [0.15, 0.2) is 46.0 Å². The molecule has 0 saturated carbocycles. The minimum atomic E-state index is -0.507. The van der Waals surface area contributed by atoms with Gasteiger partial charge >= 0.3 is 11.7 Å². The van der Waals surface area contributed by atoms with Crippen molar-refractivity contribution in [3.8, 4) is 0 Å². The Hall–Kier alpha value is -3.49. The maximum atomic E-state index is 13.0. The molecule has 0 spiro atoms. The number of urea groups is 1. The summed E-state index contributed by atoms with van der Waals surface area (Å²) in [6, 6.07) is 9.57. The number of halogens is 1. The number of fused-ring (bicyclic) bond motifs is 1. The van der Waals surface area contributed by atoms with Crippen molar-refractivity contribution >= 4 is 17.1 Å². The van der Waals surface area contributed by atoms with Gasteiger partial charge < -0.3 is 10.2 Å². The van der Waals surface area contributed by atoms with Crippen molar-refractivity contribution in [2.75, 3.05) is 19.6 Å². The summed E-state index contributed by atoms with van der Waals surface area (Å²) in [7, 11) is 1.57. The zero-order valence-corrected chi connectivity index (χ0v) is 17.2. The number of aromatic amines is 1. The van der Waals surface area contributed by atoms with Crippen LogP contribution >= 0.6 is 0 Å². The molecule has 8 nitrogen and oxygen atoms in total. The van der Waals surface area contributed by atoms with E-state index in [2.05, 4.69) is 15.3 Å². The van der Waals surface area contributed by atoms with Gasteiger partial charge in [-0.05, 0) is 49.1 Å². The third-order valence-electron chi connectivity index (χ3n) is 5.71. The normalized spacial score (nSPS) is 16.5. The number of nitrogens with zero attached hydrogens (tertiary/aromatic N) is 3. The molecule has 1 aliphatic heterocycles. The lowest BCUT2D eigenvalue weighted by atomic mass is 9.94. The number of piperidine rings is 1. The lowest BCUT2D eigenvalue weighted by molar-refractivity contribution is 0.179. The summed E-state index contributed by atoms with van der Waals surface area (Å²) < 4.78 is 14.3. The summed E-state index contributed by atoms with van der Waals surface area (Å²) in [5, 5.41) is 3.28. The van der Waals surface area contributed by atoms with Gasteiger partial charge in [0.25, 0.3) is 5.56 Å².